The summed E-state index contributed by atoms with van der Waals surface area (Å²) in [4.78, 5) is 40.2. The van der Waals surface area contributed by atoms with E-state index in [2.05, 4.69) is 10.2 Å². The Morgan fingerprint density at radius 2 is 2.00 bits per heavy atom. The molecule has 2 atom stereocenters. The monoisotopic (exact) mass is 477 g/mol. The molecule has 0 saturated carbocycles. The molecule has 0 aliphatic carbocycles. The number of nitrogens with two attached hydrogens (primary N) is 1. The Morgan fingerprint density at radius 1 is 1.26 bits per heavy atom. The highest BCUT2D eigenvalue weighted by Crippen LogP contribution is 2.31. The lowest BCUT2D eigenvalue weighted by Gasteiger charge is -2.38. The number of hydrogen-bond acceptors (Lipinski definition) is 8. The fraction of sp³-hybridized carbons (Fsp3) is 0.652. The molecular formula is C23H35N5O6. The van der Waals surface area contributed by atoms with Gasteiger partial charge in [-0.2, -0.15) is 0 Å². The molecule has 2 aliphatic rings. The number of piperidine rings is 1. The van der Waals surface area contributed by atoms with E-state index in [0.29, 0.717) is 19.4 Å². The van der Waals surface area contributed by atoms with Gasteiger partial charge in [-0.3, -0.25) is 19.7 Å². The van der Waals surface area contributed by atoms with Gasteiger partial charge in [0.1, 0.15) is 11.4 Å². The highest BCUT2D eigenvalue weighted by molar-refractivity contribution is 5.98. The van der Waals surface area contributed by atoms with Crippen LogP contribution in [0.4, 0.5) is 11.4 Å². The molecule has 0 unspecified atom stereocenters. The van der Waals surface area contributed by atoms with Crippen LogP contribution in [0.3, 0.4) is 0 Å². The summed E-state index contributed by atoms with van der Waals surface area (Å²) < 4.78 is 11.1. The molecule has 3 rings (SSSR count). The van der Waals surface area contributed by atoms with E-state index in [4.69, 9.17) is 15.2 Å². The van der Waals surface area contributed by atoms with Crippen LogP contribution in [0.5, 0.6) is 5.75 Å². The number of rotatable bonds is 10. The maximum absolute atomic E-state index is 13.0. The summed E-state index contributed by atoms with van der Waals surface area (Å²) in [5.74, 6) is -0.0360. The Bertz CT molecular complexity index is 889. The first-order chi connectivity index (χ1) is 16.3. The van der Waals surface area contributed by atoms with Crippen molar-refractivity contribution in [3.05, 3.63) is 27.8 Å². The number of nitro groups is 1. The predicted octanol–water partition coefficient (Wildman–Crippen LogP) is 1.80. The van der Waals surface area contributed by atoms with Gasteiger partial charge in [-0.25, -0.2) is 0 Å². The smallest absolute Gasteiger partial charge is 0.293 e. The molecule has 2 amide bonds. The quantitative estimate of drug-likeness (QED) is 0.295. The molecule has 11 heteroatoms. The largest absolute Gasteiger partial charge is 0.493 e. The maximum Gasteiger partial charge on any atom is 0.293 e. The van der Waals surface area contributed by atoms with E-state index in [0.717, 1.165) is 51.5 Å². The Kier molecular flexibility index (Phi) is 9.05. The molecule has 2 aliphatic heterocycles. The number of carbonyl (C=O) groups excluding carboxylic acids is 2. The summed E-state index contributed by atoms with van der Waals surface area (Å²) in [6, 6.07) is 2.21. The van der Waals surface area contributed by atoms with Crippen LogP contribution in [0.25, 0.3) is 0 Å². The van der Waals surface area contributed by atoms with Crippen molar-refractivity contribution in [1.82, 2.24) is 15.1 Å². The number of nitro benzene ring substituents is 1. The number of nitrogens with zero attached hydrogens (tertiary/aromatic N) is 3. The Hall–Kier alpha value is -2.92. The third-order valence-corrected chi connectivity index (χ3v) is 6.46. The van der Waals surface area contributed by atoms with E-state index in [1.54, 1.807) is 14.0 Å². The highest BCUT2D eigenvalue weighted by atomic mass is 16.6. The lowest BCUT2D eigenvalue weighted by atomic mass is 10.00. The molecule has 2 heterocycles. The maximum atomic E-state index is 13.0. The first-order valence-corrected chi connectivity index (χ1v) is 11.9. The number of methoxy groups -OCH3 is 1. The van der Waals surface area contributed by atoms with Gasteiger partial charge in [-0.15, -0.1) is 0 Å². The van der Waals surface area contributed by atoms with Crippen LogP contribution < -0.4 is 15.8 Å². The van der Waals surface area contributed by atoms with Gasteiger partial charge in [0, 0.05) is 51.8 Å². The summed E-state index contributed by atoms with van der Waals surface area (Å²) in [6.07, 6.45) is 3.93. The van der Waals surface area contributed by atoms with E-state index in [9.17, 15) is 19.7 Å². The minimum atomic E-state index is -0.618. The van der Waals surface area contributed by atoms with Crippen LogP contribution in [0.15, 0.2) is 12.1 Å². The third-order valence-electron chi connectivity index (χ3n) is 6.46. The molecule has 2 saturated heterocycles. The SMILES string of the molecule is CCOc1cc(N)c([N+](=O)[O-])cc1C(=O)N[C@H]1CCN(CCCC(=O)N2CCCC2)C[C@H]1OC. The number of likely N-dealkylation sites (tertiary alicyclic amines) is 2. The van der Waals surface area contributed by atoms with Crippen molar-refractivity contribution < 1.29 is 24.0 Å². The van der Waals surface area contributed by atoms with E-state index in [1.807, 2.05) is 4.90 Å². The molecule has 11 nitrogen and oxygen atoms in total. The fourth-order valence-electron chi connectivity index (χ4n) is 4.61. The first kappa shape index (κ1) is 25.7. The fourth-order valence-corrected chi connectivity index (χ4v) is 4.61. The summed E-state index contributed by atoms with van der Waals surface area (Å²) in [7, 11) is 1.60. The highest BCUT2D eigenvalue weighted by Gasteiger charge is 2.32. The Morgan fingerprint density at radius 3 is 2.65 bits per heavy atom. The summed E-state index contributed by atoms with van der Waals surface area (Å²) in [5, 5.41) is 14.3. The zero-order valence-corrected chi connectivity index (χ0v) is 20.0. The minimum absolute atomic E-state index is 0.0590. The van der Waals surface area contributed by atoms with Gasteiger partial charge in [-0.05, 0) is 39.2 Å². The summed E-state index contributed by atoms with van der Waals surface area (Å²) >= 11 is 0. The van der Waals surface area contributed by atoms with Crippen molar-refractivity contribution in [2.45, 2.75) is 51.2 Å². The predicted molar refractivity (Wildman–Crippen MR) is 127 cm³/mol. The van der Waals surface area contributed by atoms with Crippen molar-refractivity contribution in [2.24, 2.45) is 0 Å². The third kappa shape index (κ3) is 6.35. The number of amides is 2. The molecule has 3 N–H and O–H groups in total. The van der Waals surface area contributed by atoms with E-state index < -0.39 is 10.8 Å². The molecule has 0 spiro atoms. The lowest BCUT2D eigenvalue weighted by molar-refractivity contribution is -0.383. The van der Waals surface area contributed by atoms with Gasteiger partial charge in [0.25, 0.3) is 11.6 Å². The average molecular weight is 478 g/mol. The topological polar surface area (TPSA) is 140 Å². The number of nitrogens with one attached hydrogen (secondary N) is 1. The molecule has 0 bridgehead atoms. The van der Waals surface area contributed by atoms with Crippen molar-refractivity contribution in [3.63, 3.8) is 0 Å². The zero-order chi connectivity index (χ0) is 24.7. The van der Waals surface area contributed by atoms with Gasteiger partial charge in [-0.1, -0.05) is 0 Å². The van der Waals surface area contributed by atoms with Gasteiger partial charge >= 0.3 is 0 Å². The van der Waals surface area contributed by atoms with Crippen molar-refractivity contribution in [1.29, 1.82) is 0 Å². The van der Waals surface area contributed by atoms with E-state index >= 15 is 0 Å². The van der Waals surface area contributed by atoms with Crippen LogP contribution in [0.1, 0.15) is 49.4 Å². The minimum Gasteiger partial charge on any atom is -0.493 e. The molecule has 1 aromatic rings. The van der Waals surface area contributed by atoms with Crippen LogP contribution in [0, 0.1) is 10.1 Å². The zero-order valence-electron chi connectivity index (χ0n) is 20.0. The van der Waals surface area contributed by atoms with Crippen molar-refractivity contribution in [3.8, 4) is 5.75 Å². The molecule has 0 aromatic heterocycles. The van der Waals surface area contributed by atoms with Gasteiger partial charge in [0.15, 0.2) is 0 Å². The molecular weight excluding hydrogens is 442 g/mol. The van der Waals surface area contributed by atoms with Gasteiger partial charge < -0.3 is 30.3 Å². The number of ether oxygens (including phenoxy) is 2. The second kappa shape index (κ2) is 12.0. The first-order valence-electron chi connectivity index (χ1n) is 11.9. The Labute approximate surface area is 199 Å². The van der Waals surface area contributed by atoms with Gasteiger partial charge in [0.05, 0.1) is 29.2 Å². The van der Waals surface area contributed by atoms with Crippen molar-refractivity contribution >= 4 is 23.2 Å². The molecule has 34 heavy (non-hydrogen) atoms. The second-order valence-electron chi connectivity index (χ2n) is 8.73. The summed E-state index contributed by atoms with van der Waals surface area (Å²) in [5.41, 5.74) is 5.43. The molecule has 188 valence electrons. The standard InChI is InChI=1S/C23H35N5O6/c1-3-34-20-14-17(24)19(28(31)32)13-16(20)23(30)25-18-8-12-26(15-21(18)33-2)9-6-7-22(29)27-10-4-5-11-27/h13-14,18,21H,3-12,15,24H2,1-2H3,(H,25,30)/t18-,21+/m0/s1. The van der Waals surface area contributed by atoms with Crippen LogP contribution in [0.2, 0.25) is 0 Å². The number of anilines is 1. The van der Waals surface area contributed by atoms with Crippen LogP contribution in [-0.2, 0) is 9.53 Å². The second-order valence-corrected chi connectivity index (χ2v) is 8.73. The normalized spacial score (nSPS) is 20.8. The number of benzene rings is 1. The van der Waals surface area contributed by atoms with E-state index in [1.165, 1.54) is 6.07 Å². The molecule has 1 aromatic carbocycles. The Balaban J connectivity index is 1.57. The number of hydrogen-bond donors (Lipinski definition) is 2. The van der Waals surface area contributed by atoms with Crippen LogP contribution >= 0.6 is 0 Å². The van der Waals surface area contributed by atoms with Gasteiger partial charge in [0.2, 0.25) is 5.91 Å². The number of carbonyl (C=O) groups is 2. The molecule has 2 fully saturated rings. The van der Waals surface area contributed by atoms with Crippen molar-refractivity contribution in [2.75, 3.05) is 52.2 Å². The number of nitrogen functional groups attached to an aromatic ring is 1. The molecule has 0 radical (unpaired) electrons. The van der Waals surface area contributed by atoms with Crippen LogP contribution in [-0.4, -0.2) is 85.1 Å². The average Bonchev–Trinajstić information content (AvgIpc) is 3.35. The van der Waals surface area contributed by atoms with E-state index in [-0.39, 0.29) is 47.3 Å². The summed E-state index contributed by atoms with van der Waals surface area (Å²) in [6.45, 7) is 5.96. The lowest BCUT2D eigenvalue weighted by Crippen LogP contribution is -2.55.